The third-order valence-corrected chi connectivity index (χ3v) is 4.36. The Hall–Kier alpha value is -3.15. The second-order valence-corrected chi connectivity index (χ2v) is 7.82. The molecule has 6 heteroatoms. The first-order valence-corrected chi connectivity index (χ1v) is 9.42. The summed E-state index contributed by atoms with van der Waals surface area (Å²) < 4.78 is 25.1. The molecule has 0 saturated carbocycles. The Morgan fingerprint density at radius 2 is 1.72 bits per heavy atom. The van der Waals surface area contributed by atoms with Crippen LogP contribution in [0, 0.1) is 5.82 Å². The number of nitrogens with zero attached hydrogens (tertiary/aromatic N) is 1. The van der Waals surface area contributed by atoms with Crippen molar-refractivity contribution in [3.63, 3.8) is 0 Å². The minimum Gasteiger partial charge on any atom is -0.491 e. The first-order valence-electron chi connectivity index (χ1n) is 9.42. The second-order valence-electron chi connectivity index (χ2n) is 7.82. The number of amides is 2. The van der Waals surface area contributed by atoms with E-state index in [1.54, 1.807) is 39.0 Å². The monoisotopic (exact) mass is 397 g/mol. The minimum absolute atomic E-state index is 0.0424. The van der Waals surface area contributed by atoms with Gasteiger partial charge in [0.2, 0.25) is 0 Å². The number of hydrogen-bond acceptors (Lipinski definition) is 4. The van der Waals surface area contributed by atoms with Crippen LogP contribution >= 0.6 is 0 Å². The van der Waals surface area contributed by atoms with Gasteiger partial charge < -0.3 is 9.47 Å². The zero-order valence-electron chi connectivity index (χ0n) is 16.7. The molecule has 0 spiro atoms. The van der Waals surface area contributed by atoms with E-state index in [1.807, 2.05) is 30.3 Å². The molecule has 2 amide bonds. The standard InChI is InChI=1S/C23H24FNO4/c1-23(2,3)29-22(27)25-19(13-16-9-5-4-6-10-16)20(14-21(25)26)28-15-17-11-7-8-12-18(17)24/h4-12,14,19H,13,15H2,1-3H3/t19-/m0/s1. The Morgan fingerprint density at radius 1 is 1.07 bits per heavy atom. The average Bonchev–Trinajstić information content (AvgIpc) is 2.96. The molecule has 0 radical (unpaired) electrons. The van der Waals surface area contributed by atoms with E-state index in [0.29, 0.717) is 17.7 Å². The topological polar surface area (TPSA) is 55.8 Å². The van der Waals surface area contributed by atoms with E-state index in [9.17, 15) is 14.0 Å². The van der Waals surface area contributed by atoms with Crippen molar-refractivity contribution < 1.29 is 23.5 Å². The zero-order valence-corrected chi connectivity index (χ0v) is 16.7. The van der Waals surface area contributed by atoms with E-state index in [-0.39, 0.29) is 12.4 Å². The molecule has 0 saturated heterocycles. The predicted molar refractivity (Wildman–Crippen MR) is 106 cm³/mol. The van der Waals surface area contributed by atoms with Gasteiger partial charge in [-0.2, -0.15) is 0 Å². The van der Waals surface area contributed by atoms with Crippen molar-refractivity contribution in [2.24, 2.45) is 0 Å². The molecule has 1 heterocycles. The SMILES string of the molecule is CC(C)(C)OC(=O)N1C(=O)C=C(OCc2ccccc2F)[C@@H]1Cc1ccccc1. The molecule has 29 heavy (non-hydrogen) atoms. The molecule has 0 fully saturated rings. The lowest BCUT2D eigenvalue weighted by Gasteiger charge is -2.28. The Bertz CT molecular complexity index is 918. The third-order valence-electron chi connectivity index (χ3n) is 4.36. The van der Waals surface area contributed by atoms with Crippen LogP contribution in [0.1, 0.15) is 31.9 Å². The van der Waals surface area contributed by atoms with Crippen LogP contribution < -0.4 is 0 Å². The number of ether oxygens (including phenoxy) is 2. The number of benzene rings is 2. The van der Waals surface area contributed by atoms with Crippen LogP contribution in [-0.4, -0.2) is 28.5 Å². The van der Waals surface area contributed by atoms with Gasteiger partial charge in [0, 0.05) is 18.1 Å². The van der Waals surface area contributed by atoms with Gasteiger partial charge in [-0.1, -0.05) is 48.5 Å². The van der Waals surface area contributed by atoms with Gasteiger partial charge in [-0.3, -0.25) is 4.79 Å². The van der Waals surface area contributed by atoms with Gasteiger partial charge >= 0.3 is 6.09 Å². The Labute approximate surface area is 169 Å². The highest BCUT2D eigenvalue weighted by molar-refractivity contribution is 6.02. The molecule has 0 aliphatic carbocycles. The minimum atomic E-state index is -0.745. The lowest BCUT2D eigenvalue weighted by molar-refractivity contribution is -0.125. The molecule has 0 unspecified atom stereocenters. The number of hydrogen-bond donors (Lipinski definition) is 0. The Kier molecular flexibility index (Phi) is 6.01. The van der Waals surface area contributed by atoms with Crippen LogP contribution in [-0.2, 0) is 27.3 Å². The molecule has 152 valence electrons. The molecule has 1 aliphatic heterocycles. The molecule has 5 nitrogen and oxygen atoms in total. The molecule has 2 aromatic carbocycles. The number of carbonyl (C=O) groups is 2. The van der Waals surface area contributed by atoms with Crippen molar-refractivity contribution in [3.05, 3.63) is 83.4 Å². The summed E-state index contributed by atoms with van der Waals surface area (Å²) in [7, 11) is 0. The number of halogens is 1. The van der Waals surface area contributed by atoms with E-state index in [1.165, 1.54) is 12.1 Å². The maximum atomic E-state index is 13.9. The summed E-state index contributed by atoms with van der Waals surface area (Å²) in [6, 6.07) is 15.1. The van der Waals surface area contributed by atoms with Crippen LogP contribution in [0.2, 0.25) is 0 Å². The van der Waals surface area contributed by atoms with Gasteiger partial charge in [-0.15, -0.1) is 0 Å². The maximum absolute atomic E-state index is 13.9. The van der Waals surface area contributed by atoms with Crippen LogP contribution in [0.5, 0.6) is 0 Å². The van der Waals surface area contributed by atoms with Crippen molar-refractivity contribution in [1.29, 1.82) is 0 Å². The zero-order chi connectivity index (χ0) is 21.0. The number of carbonyl (C=O) groups excluding carboxylic acids is 2. The molecule has 0 bridgehead atoms. The highest BCUT2D eigenvalue weighted by atomic mass is 19.1. The van der Waals surface area contributed by atoms with Crippen molar-refractivity contribution in [3.8, 4) is 0 Å². The number of rotatable bonds is 5. The molecular formula is C23H24FNO4. The second kappa shape index (κ2) is 8.47. The summed E-state index contributed by atoms with van der Waals surface area (Å²) in [4.78, 5) is 26.3. The molecule has 0 aromatic heterocycles. The lowest BCUT2D eigenvalue weighted by Crippen LogP contribution is -2.44. The normalized spacial score (nSPS) is 16.6. The quantitative estimate of drug-likeness (QED) is 0.739. The van der Waals surface area contributed by atoms with Gasteiger partial charge in [-0.25, -0.2) is 14.1 Å². The Balaban J connectivity index is 1.83. The molecule has 2 aromatic rings. The first kappa shape index (κ1) is 20.6. The van der Waals surface area contributed by atoms with E-state index in [4.69, 9.17) is 9.47 Å². The van der Waals surface area contributed by atoms with Gasteiger partial charge in [0.25, 0.3) is 5.91 Å². The highest BCUT2D eigenvalue weighted by Gasteiger charge is 2.41. The highest BCUT2D eigenvalue weighted by Crippen LogP contribution is 2.27. The largest absolute Gasteiger partial charge is 0.491 e. The van der Waals surface area contributed by atoms with Crippen molar-refractivity contribution in [2.75, 3.05) is 0 Å². The van der Waals surface area contributed by atoms with Gasteiger partial charge in [0.15, 0.2) is 0 Å². The first-order chi connectivity index (χ1) is 13.7. The van der Waals surface area contributed by atoms with Crippen molar-refractivity contribution in [1.82, 2.24) is 4.90 Å². The molecule has 1 atom stereocenters. The summed E-state index contributed by atoms with van der Waals surface area (Å²) in [5.74, 6) is -0.585. The number of imide groups is 1. The smallest absolute Gasteiger partial charge is 0.418 e. The van der Waals surface area contributed by atoms with Crippen LogP contribution in [0.3, 0.4) is 0 Å². The molecule has 0 N–H and O–H groups in total. The molecule has 3 rings (SSSR count). The summed E-state index contributed by atoms with van der Waals surface area (Å²) >= 11 is 0. The van der Waals surface area contributed by atoms with Crippen LogP contribution in [0.15, 0.2) is 66.4 Å². The van der Waals surface area contributed by atoms with Crippen molar-refractivity contribution >= 4 is 12.0 Å². The van der Waals surface area contributed by atoms with E-state index in [0.717, 1.165) is 10.5 Å². The average molecular weight is 397 g/mol. The van der Waals surface area contributed by atoms with Crippen LogP contribution in [0.4, 0.5) is 9.18 Å². The lowest BCUT2D eigenvalue weighted by atomic mass is 10.0. The summed E-state index contributed by atoms with van der Waals surface area (Å²) in [5, 5.41) is 0. The van der Waals surface area contributed by atoms with E-state index < -0.39 is 23.6 Å². The molecular weight excluding hydrogens is 373 g/mol. The molecule has 1 aliphatic rings. The van der Waals surface area contributed by atoms with Gasteiger partial charge in [-0.05, 0) is 32.4 Å². The van der Waals surface area contributed by atoms with Gasteiger partial charge in [0.1, 0.15) is 29.8 Å². The van der Waals surface area contributed by atoms with Crippen molar-refractivity contribution in [2.45, 2.75) is 45.4 Å². The summed E-state index contributed by atoms with van der Waals surface area (Å²) in [5.41, 5.74) is 0.557. The fourth-order valence-electron chi connectivity index (χ4n) is 3.04. The van der Waals surface area contributed by atoms with Crippen LogP contribution in [0.25, 0.3) is 0 Å². The van der Waals surface area contributed by atoms with E-state index >= 15 is 0 Å². The summed E-state index contributed by atoms with van der Waals surface area (Å²) in [6.45, 7) is 5.17. The summed E-state index contributed by atoms with van der Waals surface area (Å²) in [6.07, 6.45) is 0.914. The fraction of sp³-hybridized carbons (Fsp3) is 0.304. The third kappa shape index (κ3) is 5.22. The van der Waals surface area contributed by atoms with E-state index in [2.05, 4.69) is 0 Å². The predicted octanol–water partition coefficient (Wildman–Crippen LogP) is 4.61. The van der Waals surface area contributed by atoms with Gasteiger partial charge in [0.05, 0.1) is 0 Å². The Morgan fingerprint density at radius 3 is 2.38 bits per heavy atom. The fourth-order valence-corrected chi connectivity index (χ4v) is 3.04. The maximum Gasteiger partial charge on any atom is 0.418 e.